The molecule has 2 N–H and O–H groups in total. The highest BCUT2D eigenvalue weighted by Gasteiger charge is 2.28. The van der Waals surface area contributed by atoms with Crippen LogP contribution in [0.1, 0.15) is 37.2 Å². The second-order valence-corrected chi connectivity index (χ2v) is 6.14. The van der Waals surface area contributed by atoms with Crippen molar-refractivity contribution in [3.05, 3.63) is 42.2 Å². The predicted octanol–water partition coefficient (Wildman–Crippen LogP) is 2.97. The maximum absolute atomic E-state index is 12.1. The van der Waals surface area contributed by atoms with Crippen molar-refractivity contribution in [2.75, 3.05) is 11.9 Å². The summed E-state index contributed by atoms with van der Waals surface area (Å²) in [6.45, 7) is 4.08. The second kappa shape index (κ2) is 7.38. The summed E-state index contributed by atoms with van der Waals surface area (Å²) in [6, 6.07) is 8.83. The number of nitrogens with one attached hydrogen (secondary N) is 2. The molecule has 25 heavy (non-hydrogen) atoms. The molecule has 1 aliphatic carbocycles. The smallest absolute Gasteiger partial charge is 0.358 e. The number of ether oxygens (including phenoxy) is 1. The van der Waals surface area contributed by atoms with Gasteiger partial charge in [-0.05, 0) is 56.9 Å². The Labute approximate surface area is 146 Å². The molecule has 1 unspecified atom stereocenters. The second-order valence-electron chi connectivity index (χ2n) is 6.14. The van der Waals surface area contributed by atoms with Crippen molar-refractivity contribution in [2.45, 2.75) is 32.7 Å². The number of hydrogen-bond acceptors (Lipinski definition) is 4. The molecule has 2 amide bonds. The van der Waals surface area contributed by atoms with Gasteiger partial charge in [0.25, 0.3) is 0 Å². The fourth-order valence-corrected chi connectivity index (χ4v) is 2.60. The first-order chi connectivity index (χ1) is 12.1. The van der Waals surface area contributed by atoms with E-state index in [0.29, 0.717) is 18.2 Å². The minimum atomic E-state index is -0.455. The van der Waals surface area contributed by atoms with Crippen LogP contribution in [0.2, 0.25) is 0 Å². The first-order valence-electron chi connectivity index (χ1n) is 8.47. The topological polar surface area (TPSA) is 85.2 Å². The monoisotopic (exact) mass is 342 g/mol. The van der Waals surface area contributed by atoms with Crippen LogP contribution in [0.3, 0.4) is 0 Å². The zero-order chi connectivity index (χ0) is 17.8. The molecule has 1 aromatic carbocycles. The number of urea groups is 1. The number of carbonyl (C=O) groups excluding carboxylic acids is 2. The van der Waals surface area contributed by atoms with E-state index in [-0.39, 0.29) is 17.8 Å². The van der Waals surface area contributed by atoms with Crippen LogP contribution >= 0.6 is 0 Å². The Bertz CT molecular complexity index is 767. The van der Waals surface area contributed by atoms with E-state index >= 15 is 0 Å². The van der Waals surface area contributed by atoms with Crippen molar-refractivity contribution in [3.8, 4) is 5.69 Å². The normalized spacial score (nSPS) is 14.6. The predicted molar refractivity (Wildman–Crippen MR) is 93.9 cm³/mol. The molecule has 1 aliphatic rings. The van der Waals surface area contributed by atoms with Gasteiger partial charge in [-0.3, -0.25) is 0 Å². The number of nitrogens with zero attached hydrogens (tertiary/aromatic N) is 2. The molecule has 0 saturated heterocycles. The molecule has 1 aromatic heterocycles. The van der Waals surface area contributed by atoms with E-state index < -0.39 is 5.97 Å². The first-order valence-corrected chi connectivity index (χ1v) is 8.47. The molecule has 3 rings (SSSR count). The van der Waals surface area contributed by atoms with Crippen molar-refractivity contribution < 1.29 is 14.3 Å². The lowest BCUT2D eigenvalue weighted by Crippen LogP contribution is -2.37. The number of rotatable bonds is 6. The highest BCUT2D eigenvalue weighted by atomic mass is 16.5. The van der Waals surface area contributed by atoms with Crippen LogP contribution in [0.4, 0.5) is 10.5 Å². The van der Waals surface area contributed by atoms with E-state index in [9.17, 15) is 9.59 Å². The van der Waals surface area contributed by atoms with Gasteiger partial charge in [-0.2, -0.15) is 5.10 Å². The summed E-state index contributed by atoms with van der Waals surface area (Å²) in [4.78, 5) is 23.8. The average molecular weight is 342 g/mol. The van der Waals surface area contributed by atoms with E-state index in [4.69, 9.17) is 4.74 Å². The lowest BCUT2D eigenvalue weighted by Gasteiger charge is -2.14. The molecular formula is C18H22N4O3. The maximum Gasteiger partial charge on any atom is 0.358 e. The quantitative estimate of drug-likeness (QED) is 0.790. The fraction of sp³-hybridized carbons (Fsp3) is 0.389. The summed E-state index contributed by atoms with van der Waals surface area (Å²) in [5.41, 5.74) is 1.64. The van der Waals surface area contributed by atoms with E-state index in [1.807, 2.05) is 19.1 Å². The number of aromatic nitrogens is 2. The number of amides is 2. The third-order valence-electron chi connectivity index (χ3n) is 4.13. The SMILES string of the molecule is CCOC(=O)c1ccn(-c2cccc(NC(=O)NC(C)C3CC3)c2)n1. The Morgan fingerprint density at radius 2 is 2.16 bits per heavy atom. The molecule has 2 aromatic rings. The minimum Gasteiger partial charge on any atom is -0.461 e. The summed E-state index contributed by atoms with van der Waals surface area (Å²) in [7, 11) is 0. The summed E-state index contributed by atoms with van der Waals surface area (Å²) in [5, 5.41) is 9.99. The Kier molecular flexibility index (Phi) is 5.02. The molecule has 1 atom stereocenters. The number of benzene rings is 1. The van der Waals surface area contributed by atoms with Gasteiger partial charge in [0, 0.05) is 17.9 Å². The lowest BCUT2D eigenvalue weighted by molar-refractivity contribution is 0.0519. The van der Waals surface area contributed by atoms with Crippen molar-refractivity contribution in [2.24, 2.45) is 5.92 Å². The molecule has 7 heteroatoms. The minimum absolute atomic E-state index is 0.182. The highest BCUT2D eigenvalue weighted by molar-refractivity contribution is 5.90. The van der Waals surface area contributed by atoms with Gasteiger partial charge < -0.3 is 15.4 Å². The van der Waals surface area contributed by atoms with Crippen LogP contribution in [0.15, 0.2) is 36.5 Å². The summed E-state index contributed by atoms with van der Waals surface area (Å²) < 4.78 is 6.51. The van der Waals surface area contributed by atoms with Crippen LogP contribution in [-0.2, 0) is 4.74 Å². The van der Waals surface area contributed by atoms with Gasteiger partial charge >= 0.3 is 12.0 Å². The van der Waals surface area contributed by atoms with Crippen molar-refractivity contribution >= 4 is 17.7 Å². The van der Waals surface area contributed by atoms with Crippen molar-refractivity contribution in [1.29, 1.82) is 0 Å². The van der Waals surface area contributed by atoms with Crippen LogP contribution in [0.25, 0.3) is 5.69 Å². The van der Waals surface area contributed by atoms with E-state index in [0.717, 1.165) is 5.69 Å². The highest BCUT2D eigenvalue weighted by Crippen LogP contribution is 2.32. The maximum atomic E-state index is 12.1. The molecule has 0 radical (unpaired) electrons. The lowest BCUT2D eigenvalue weighted by atomic mass is 10.2. The summed E-state index contributed by atoms with van der Waals surface area (Å²) in [6.07, 6.45) is 4.04. The first kappa shape index (κ1) is 17.0. The van der Waals surface area contributed by atoms with Crippen LogP contribution in [0.5, 0.6) is 0 Å². The third-order valence-corrected chi connectivity index (χ3v) is 4.13. The Morgan fingerprint density at radius 1 is 1.36 bits per heavy atom. The number of carbonyl (C=O) groups is 2. The van der Waals surface area contributed by atoms with Crippen molar-refractivity contribution in [3.63, 3.8) is 0 Å². The molecule has 0 bridgehead atoms. The largest absolute Gasteiger partial charge is 0.461 e. The zero-order valence-electron chi connectivity index (χ0n) is 14.4. The van der Waals surface area contributed by atoms with Gasteiger partial charge in [0.05, 0.1) is 12.3 Å². The average Bonchev–Trinajstić information content (AvgIpc) is 3.32. The Hall–Kier alpha value is -2.83. The Balaban J connectivity index is 1.66. The molecule has 1 fully saturated rings. The van der Waals surface area contributed by atoms with Gasteiger partial charge in [-0.1, -0.05) is 6.07 Å². The number of esters is 1. The van der Waals surface area contributed by atoms with Gasteiger partial charge in [0.1, 0.15) is 0 Å². The molecule has 7 nitrogen and oxygen atoms in total. The molecular weight excluding hydrogens is 320 g/mol. The molecule has 0 aliphatic heterocycles. The van der Waals surface area contributed by atoms with E-state index in [2.05, 4.69) is 15.7 Å². The van der Waals surface area contributed by atoms with E-state index in [1.165, 1.54) is 12.8 Å². The third kappa shape index (κ3) is 4.37. The van der Waals surface area contributed by atoms with Crippen LogP contribution in [-0.4, -0.2) is 34.4 Å². The van der Waals surface area contributed by atoms with Crippen molar-refractivity contribution in [1.82, 2.24) is 15.1 Å². The molecule has 132 valence electrons. The summed E-state index contributed by atoms with van der Waals surface area (Å²) in [5.74, 6) is 0.145. The molecule has 1 saturated carbocycles. The van der Waals surface area contributed by atoms with Crippen LogP contribution in [0, 0.1) is 5.92 Å². The van der Waals surface area contributed by atoms with Gasteiger partial charge in [-0.25, -0.2) is 14.3 Å². The number of anilines is 1. The molecule has 0 spiro atoms. The number of hydrogen-bond donors (Lipinski definition) is 2. The standard InChI is InChI=1S/C18H22N4O3/c1-3-25-17(23)16-9-10-22(21-16)15-6-4-5-14(11-15)20-18(24)19-12(2)13-7-8-13/h4-6,9-13H,3,7-8H2,1-2H3,(H2,19,20,24). The van der Waals surface area contributed by atoms with Gasteiger partial charge in [0.15, 0.2) is 5.69 Å². The van der Waals surface area contributed by atoms with Gasteiger partial charge in [0.2, 0.25) is 0 Å². The fourth-order valence-electron chi connectivity index (χ4n) is 2.60. The van der Waals surface area contributed by atoms with Gasteiger partial charge in [-0.15, -0.1) is 0 Å². The molecule has 1 heterocycles. The van der Waals surface area contributed by atoms with Crippen LogP contribution < -0.4 is 10.6 Å². The Morgan fingerprint density at radius 3 is 2.88 bits per heavy atom. The van der Waals surface area contributed by atoms with E-state index in [1.54, 1.807) is 36.0 Å². The summed E-state index contributed by atoms with van der Waals surface area (Å²) >= 11 is 0. The zero-order valence-corrected chi connectivity index (χ0v) is 14.4.